The standard InChI is InChI=1S/C22H17N3/c1-3-16(15-6-7-15)13-18(4-1)22-19(5-2-10-25-22)17-8-9-20-21(14-17)24-12-11-23-20/h1-5,8-15H,6-7H2. The van der Waals surface area contributed by atoms with Gasteiger partial charge in [0.2, 0.25) is 0 Å². The van der Waals surface area contributed by atoms with Gasteiger partial charge in [0.25, 0.3) is 0 Å². The van der Waals surface area contributed by atoms with E-state index in [4.69, 9.17) is 4.98 Å². The molecule has 0 aliphatic heterocycles. The minimum atomic E-state index is 0.739. The topological polar surface area (TPSA) is 38.7 Å². The lowest BCUT2D eigenvalue weighted by Crippen LogP contribution is -1.91. The molecule has 0 saturated heterocycles. The normalized spacial score (nSPS) is 13.9. The van der Waals surface area contributed by atoms with Crippen molar-refractivity contribution in [1.82, 2.24) is 15.0 Å². The van der Waals surface area contributed by atoms with Gasteiger partial charge in [-0.2, -0.15) is 0 Å². The molecule has 1 aliphatic carbocycles. The van der Waals surface area contributed by atoms with Crippen molar-refractivity contribution in [3.8, 4) is 22.4 Å². The van der Waals surface area contributed by atoms with Gasteiger partial charge in [0.15, 0.2) is 0 Å². The predicted octanol–water partition coefficient (Wildman–Crippen LogP) is 5.24. The molecule has 0 amide bonds. The molecule has 0 unspecified atom stereocenters. The highest BCUT2D eigenvalue weighted by atomic mass is 14.8. The number of pyridine rings is 1. The fraction of sp³-hybridized carbons (Fsp3) is 0.136. The Morgan fingerprint density at radius 1 is 0.680 bits per heavy atom. The number of hydrogen-bond acceptors (Lipinski definition) is 3. The van der Waals surface area contributed by atoms with Crippen LogP contribution in [-0.4, -0.2) is 15.0 Å². The molecule has 5 rings (SSSR count). The quantitative estimate of drug-likeness (QED) is 0.518. The Kier molecular flexibility index (Phi) is 3.30. The maximum absolute atomic E-state index is 4.69. The van der Waals surface area contributed by atoms with Crippen LogP contribution in [0.4, 0.5) is 0 Å². The summed E-state index contributed by atoms with van der Waals surface area (Å²) in [7, 11) is 0. The van der Waals surface area contributed by atoms with Crippen molar-refractivity contribution in [3.05, 3.63) is 78.8 Å². The predicted molar refractivity (Wildman–Crippen MR) is 100 cm³/mol. The van der Waals surface area contributed by atoms with Crippen LogP contribution in [0.2, 0.25) is 0 Å². The number of hydrogen-bond donors (Lipinski definition) is 0. The zero-order valence-electron chi connectivity index (χ0n) is 13.8. The molecular formula is C22H17N3. The number of nitrogens with zero attached hydrogens (tertiary/aromatic N) is 3. The van der Waals surface area contributed by atoms with Crippen LogP contribution in [0.15, 0.2) is 73.2 Å². The molecular weight excluding hydrogens is 306 g/mol. The molecule has 1 aliphatic rings. The van der Waals surface area contributed by atoms with Gasteiger partial charge in [-0.1, -0.05) is 30.3 Å². The molecule has 3 heteroatoms. The first-order chi connectivity index (χ1) is 12.4. The van der Waals surface area contributed by atoms with E-state index in [2.05, 4.69) is 52.4 Å². The van der Waals surface area contributed by atoms with E-state index in [0.717, 1.165) is 33.8 Å². The van der Waals surface area contributed by atoms with E-state index in [1.54, 1.807) is 12.4 Å². The molecule has 2 heterocycles. The average molecular weight is 323 g/mol. The van der Waals surface area contributed by atoms with Crippen molar-refractivity contribution >= 4 is 11.0 Å². The number of benzene rings is 2. The number of fused-ring (bicyclic) bond motifs is 1. The van der Waals surface area contributed by atoms with Crippen molar-refractivity contribution in [2.45, 2.75) is 18.8 Å². The van der Waals surface area contributed by atoms with Gasteiger partial charge in [-0.25, -0.2) is 0 Å². The second-order valence-electron chi connectivity index (χ2n) is 6.56. The largest absolute Gasteiger partial charge is 0.256 e. The van der Waals surface area contributed by atoms with Gasteiger partial charge in [-0.3, -0.25) is 15.0 Å². The summed E-state index contributed by atoms with van der Waals surface area (Å²) < 4.78 is 0. The third-order valence-corrected chi connectivity index (χ3v) is 4.80. The highest BCUT2D eigenvalue weighted by molar-refractivity contribution is 5.86. The summed E-state index contributed by atoms with van der Waals surface area (Å²) in [4.78, 5) is 13.5. The van der Waals surface area contributed by atoms with Crippen molar-refractivity contribution < 1.29 is 0 Å². The molecule has 2 aromatic carbocycles. The van der Waals surface area contributed by atoms with E-state index < -0.39 is 0 Å². The Balaban J connectivity index is 1.65. The SMILES string of the molecule is c1cc(-c2ncccc2-c2ccc3nccnc3c2)cc(C2CC2)c1. The summed E-state index contributed by atoms with van der Waals surface area (Å²) >= 11 is 0. The van der Waals surface area contributed by atoms with Gasteiger partial charge in [-0.05, 0) is 54.2 Å². The van der Waals surface area contributed by atoms with Crippen LogP contribution >= 0.6 is 0 Å². The van der Waals surface area contributed by atoms with Crippen LogP contribution in [0.1, 0.15) is 24.3 Å². The summed E-state index contributed by atoms with van der Waals surface area (Å²) in [6, 6.07) is 19.2. The lowest BCUT2D eigenvalue weighted by molar-refractivity contribution is 1.13. The first kappa shape index (κ1) is 14.3. The second kappa shape index (κ2) is 5.78. The molecule has 1 fully saturated rings. The van der Waals surface area contributed by atoms with E-state index in [1.807, 2.05) is 18.3 Å². The summed E-state index contributed by atoms with van der Waals surface area (Å²) in [5, 5.41) is 0. The monoisotopic (exact) mass is 323 g/mol. The Morgan fingerprint density at radius 3 is 2.44 bits per heavy atom. The van der Waals surface area contributed by atoms with Crippen molar-refractivity contribution in [2.75, 3.05) is 0 Å². The van der Waals surface area contributed by atoms with Crippen LogP contribution in [0, 0.1) is 0 Å². The van der Waals surface area contributed by atoms with Crippen LogP contribution in [0.5, 0.6) is 0 Å². The molecule has 2 aromatic heterocycles. The fourth-order valence-electron chi connectivity index (χ4n) is 3.36. The molecule has 120 valence electrons. The molecule has 0 atom stereocenters. The lowest BCUT2D eigenvalue weighted by atomic mass is 9.97. The van der Waals surface area contributed by atoms with Crippen LogP contribution < -0.4 is 0 Å². The number of aromatic nitrogens is 3. The van der Waals surface area contributed by atoms with Gasteiger partial charge in [0.05, 0.1) is 16.7 Å². The van der Waals surface area contributed by atoms with Gasteiger partial charge in [0, 0.05) is 29.7 Å². The van der Waals surface area contributed by atoms with E-state index >= 15 is 0 Å². The zero-order chi connectivity index (χ0) is 16.6. The van der Waals surface area contributed by atoms with Crippen LogP contribution in [-0.2, 0) is 0 Å². The van der Waals surface area contributed by atoms with E-state index in [1.165, 1.54) is 24.0 Å². The summed E-state index contributed by atoms with van der Waals surface area (Å²) in [5.41, 5.74) is 7.69. The molecule has 4 aromatic rings. The van der Waals surface area contributed by atoms with Crippen molar-refractivity contribution in [2.24, 2.45) is 0 Å². The minimum absolute atomic E-state index is 0.739. The molecule has 25 heavy (non-hydrogen) atoms. The summed E-state index contributed by atoms with van der Waals surface area (Å²) in [6.07, 6.45) is 7.93. The van der Waals surface area contributed by atoms with Crippen LogP contribution in [0.25, 0.3) is 33.4 Å². The van der Waals surface area contributed by atoms with Crippen molar-refractivity contribution in [3.63, 3.8) is 0 Å². The van der Waals surface area contributed by atoms with Crippen LogP contribution in [0.3, 0.4) is 0 Å². The maximum atomic E-state index is 4.69. The molecule has 1 saturated carbocycles. The first-order valence-corrected chi connectivity index (χ1v) is 8.65. The fourth-order valence-corrected chi connectivity index (χ4v) is 3.36. The Bertz CT molecular complexity index is 1070. The average Bonchev–Trinajstić information content (AvgIpc) is 3.53. The maximum Gasteiger partial charge on any atom is 0.0892 e. The third kappa shape index (κ3) is 2.68. The highest BCUT2D eigenvalue weighted by Gasteiger charge is 2.23. The van der Waals surface area contributed by atoms with E-state index in [9.17, 15) is 0 Å². The summed E-state index contributed by atoms with van der Waals surface area (Å²) in [5.74, 6) is 0.739. The Morgan fingerprint density at radius 2 is 1.56 bits per heavy atom. The Labute approximate surface area is 146 Å². The smallest absolute Gasteiger partial charge is 0.0892 e. The molecule has 0 bridgehead atoms. The van der Waals surface area contributed by atoms with Gasteiger partial charge in [0.1, 0.15) is 0 Å². The van der Waals surface area contributed by atoms with E-state index in [0.29, 0.717) is 0 Å². The van der Waals surface area contributed by atoms with Gasteiger partial charge < -0.3 is 0 Å². The van der Waals surface area contributed by atoms with E-state index in [-0.39, 0.29) is 0 Å². The summed E-state index contributed by atoms with van der Waals surface area (Å²) in [6.45, 7) is 0. The molecule has 0 spiro atoms. The Hall–Kier alpha value is -3.07. The van der Waals surface area contributed by atoms with Gasteiger partial charge in [-0.15, -0.1) is 0 Å². The third-order valence-electron chi connectivity index (χ3n) is 4.80. The highest BCUT2D eigenvalue weighted by Crippen LogP contribution is 2.41. The minimum Gasteiger partial charge on any atom is -0.256 e. The zero-order valence-corrected chi connectivity index (χ0v) is 13.8. The van der Waals surface area contributed by atoms with Gasteiger partial charge >= 0.3 is 0 Å². The second-order valence-corrected chi connectivity index (χ2v) is 6.56. The molecule has 3 nitrogen and oxygen atoms in total. The molecule has 0 radical (unpaired) electrons. The molecule has 0 N–H and O–H groups in total. The first-order valence-electron chi connectivity index (χ1n) is 8.65. The number of rotatable bonds is 3. The van der Waals surface area contributed by atoms with Crippen molar-refractivity contribution in [1.29, 1.82) is 0 Å². The lowest BCUT2D eigenvalue weighted by Gasteiger charge is -2.11.